The number of hydrogen-bond donors (Lipinski definition) is 0. The van der Waals surface area contributed by atoms with Crippen LogP contribution in [0.5, 0.6) is 0 Å². The van der Waals surface area contributed by atoms with Crippen LogP contribution in [0.3, 0.4) is 0 Å². The highest BCUT2D eigenvalue weighted by atomic mass is 16.6. The van der Waals surface area contributed by atoms with Crippen LogP contribution in [0.2, 0.25) is 0 Å². The van der Waals surface area contributed by atoms with Gasteiger partial charge in [-0.1, -0.05) is 20.3 Å². The van der Waals surface area contributed by atoms with Crippen molar-refractivity contribution in [2.24, 2.45) is 5.92 Å². The molecule has 1 rings (SSSR count). The first-order chi connectivity index (χ1) is 9.19. The van der Waals surface area contributed by atoms with Crippen LogP contribution in [-0.2, 0) is 14.3 Å². The number of rotatable bonds is 6. The summed E-state index contributed by atoms with van der Waals surface area (Å²) in [5.74, 6) is -0.188. The molecule has 1 fully saturated rings. The monoisotopic (exact) mass is 271 g/mol. The number of piperidine rings is 1. The van der Waals surface area contributed by atoms with Crippen molar-refractivity contribution in [1.29, 1.82) is 0 Å². The first-order valence-corrected chi connectivity index (χ1v) is 7.27. The molecule has 5 nitrogen and oxygen atoms in total. The molecule has 1 heterocycles. The van der Waals surface area contributed by atoms with Crippen molar-refractivity contribution in [3.8, 4) is 0 Å². The van der Waals surface area contributed by atoms with Crippen molar-refractivity contribution in [1.82, 2.24) is 4.90 Å². The predicted octanol–water partition coefficient (Wildman–Crippen LogP) is 2.59. The lowest BCUT2D eigenvalue weighted by Gasteiger charge is -2.30. The van der Waals surface area contributed by atoms with Gasteiger partial charge in [0.2, 0.25) is 0 Å². The molecule has 1 saturated heterocycles. The van der Waals surface area contributed by atoms with E-state index in [0.29, 0.717) is 39.1 Å². The number of amides is 1. The van der Waals surface area contributed by atoms with Crippen molar-refractivity contribution < 1.29 is 19.1 Å². The Balaban J connectivity index is 2.24. The molecule has 0 bridgehead atoms. The third-order valence-corrected chi connectivity index (χ3v) is 3.26. The molecule has 0 radical (unpaired) electrons. The number of unbranched alkanes of at least 4 members (excludes halogenated alkanes) is 1. The molecule has 5 heteroatoms. The molecule has 110 valence electrons. The van der Waals surface area contributed by atoms with E-state index in [1.807, 2.05) is 6.92 Å². The van der Waals surface area contributed by atoms with E-state index in [-0.39, 0.29) is 18.0 Å². The standard InChI is InChI=1S/C14H25NO4/c1-3-5-11-19-14(17)15-8-6-12(7-9-15)13(16)18-10-4-2/h12H,3-11H2,1-2H3. The van der Waals surface area contributed by atoms with Crippen molar-refractivity contribution >= 4 is 12.1 Å². The summed E-state index contributed by atoms with van der Waals surface area (Å²) in [4.78, 5) is 25.1. The molecule has 0 aliphatic carbocycles. The maximum atomic E-state index is 11.7. The largest absolute Gasteiger partial charge is 0.465 e. The molecule has 0 saturated carbocycles. The number of carbonyl (C=O) groups excluding carboxylic acids is 2. The summed E-state index contributed by atoms with van der Waals surface area (Å²) in [5, 5.41) is 0. The normalized spacial score (nSPS) is 16.2. The Morgan fingerprint density at radius 3 is 2.32 bits per heavy atom. The maximum absolute atomic E-state index is 11.7. The van der Waals surface area contributed by atoms with Crippen LogP contribution in [0.4, 0.5) is 4.79 Å². The Morgan fingerprint density at radius 1 is 1.05 bits per heavy atom. The van der Waals surface area contributed by atoms with Crippen LogP contribution in [0.1, 0.15) is 46.0 Å². The second kappa shape index (κ2) is 8.77. The van der Waals surface area contributed by atoms with Gasteiger partial charge >= 0.3 is 12.1 Å². The molecular formula is C14H25NO4. The fourth-order valence-corrected chi connectivity index (χ4v) is 2.01. The lowest BCUT2D eigenvalue weighted by molar-refractivity contribution is -0.150. The van der Waals surface area contributed by atoms with Crippen LogP contribution in [0.15, 0.2) is 0 Å². The van der Waals surface area contributed by atoms with E-state index in [0.717, 1.165) is 19.3 Å². The molecule has 1 aliphatic rings. The van der Waals surface area contributed by atoms with E-state index < -0.39 is 0 Å². The second-order valence-corrected chi connectivity index (χ2v) is 4.90. The third-order valence-electron chi connectivity index (χ3n) is 3.26. The van der Waals surface area contributed by atoms with E-state index >= 15 is 0 Å². The average molecular weight is 271 g/mol. The van der Waals surface area contributed by atoms with Gasteiger partial charge in [0.1, 0.15) is 0 Å². The minimum Gasteiger partial charge on any atom is -0.465 e. The summed E-state index contributed by atoms with van der Waals surface area (Å²) in [6.45, 7) is 6.16. The quantitative estimate of drug-likeness (QED) is 0.550. The number of likely N-dealkylation sites (tertiary alicyclic amines) is 1. The Kier molecular flexibility index (Phi) is 7.30. The summed E-state index contributed by atoms with van der Waals surface area (Å²) < 4.78 is 10.3. The van der Waals surface area contributed by atoms with Gasteiger partial charge in [-0.2, -0.15) is 0 Å². The highest BCUT2D eigenvalue weighted by molar-refractivity contribution is 5.73. The zero-order chi connectivity index (χ0) is 14.1. The van der Waals surface area contributed by atoms with Gasteiger partial charge in [0.05, 0.1) is 19.1 Å². The Morgan fingerprint density at radius 2 is 1.74 bits per heavy atom. The fraction of sp³-hybridized carbons (Fsp3) is 0.857. The molecule has 0 N–H and O–H groups in total. The Hall–Kier alpha value is -1.26. The Bertz CT molecular complexity index is 285. The van der Waals surface area contributed by atoms with Gasteiger partial charge in [0.25, 0.3) is 0 Å². The van der Waals surface area contributed by atoms with Crippen LogP contribution in [0, 0.1) is 5.92 Å². The number of nitrogens with zero attached hydrogens (tertiary/aromatic N) is 1. The van der Waals surface area contributed by atoms with Gasteiger partial charge in [-0.05, 0) is 25.7 Å². The minimum absolute atomic E-state index is 0.0637. The highest BCUT2D eigenvalue weighted by Crippen LogP contribution is 2.19. The number of hydrogen-bond acceptors (Lipinski definition) is 4. The lowest BCUT2D eigenvalue weighted by atomic mass is 9.97. The Labute approximate surface area is 115 Å². The van der Waals surface area contributed by atoms with Gasteiger partial charge in [-0.15, -0.1) is 0 Å². The van der Waals surface area contributed by atoms with E-state index in [2.05, 4.69) is 6.92 Å². The fourth-order valence-electron chi connectivity index (χ4n) is 2.01. The number of esters is 1. The van der Waals surface area contributed by atoms with Crippen LogP contribution in [-0.4, -0.2) is 43.3 Å². The van der Waals surface area contributed by atoms with Gasteiger partial charge in [0, 0.05) is 13.1 Å². The minimum atomic E-state index is -0.256. The average Bonchev–Trinajstić information content (AvgIpc) is 2.45. The smallest absolute Gasteiger partial charge is 0.409 e. The molecule has 0 atom stereocenters. The van der Waals surface area contributed by atoms with Gasteiger partial charge < -0.3 is 14.4 Å². The zero-order valence-corrected chi connectivity index (χ0v) is 12.0. The summed E-state index contributed by atoms with van der Waals surface area (Å²) >= 11 is 0. The zero-order valence-electron chi connectivity index (χ0n) is 12.0. The van der Waals surface area contributed by atoms with Gasteiger partial charge in [-0.3, -0.25) is 4.79 Å². The van der Waals surface area contributed by atoms with Crippen molar-refractivity contribution in [3.05, 3.63) is 0 Å². The topological polar surface area (TPSA) is 55.8 Å². The molecule has 0 aromatic carbocycles. The number of carbonyl (C=O) groups is 2. The predicted molar refractivity (Wildman–Crippen MR) is 71.8 cm³/mol. The molecule has 19 heavy (non-hydrogen) atoms. The van der Waals surface area contributed by atoms with E-state index in [1.165, 1.54) is 0 Å². The van der Waals surface area contributed by atoms with Crippen molar-refractivity contribution in [2.45, 2.75) is 46.0 Å². The molecular weight excluding hydrogens is 246 g/mol. The molecule has 1 amide bonds. The summed E-state index contributed by atoms with van der Waals surface area (Å²) in [7, 11) is 0. The summed E-state index contributed by atoms with van der Waals surface area (Å²) in [6, 6.07) is 0. The molecule has 0 aromatic heterocycles. The van der Waals surface area contributed by atoms with E-state index in [9.17, 15) is 9.59 Å². The van der Waals surface area contributed by atoms with Crippen LogP contribution < -0.4 is 0 Å². The second-order valence-electron chi connectivity index (χ2n) is 4.90. The van der Waals surface area contributed by atoms with Crippen LogP contribution in [0.25, 0.3) is 0 Å². The number of ether oxygens (including phenoxy) is 2. The van der Waals surface area contributed by atoms with Crippen LogP contribution >= 0.6 is 0 Å². The first kappa shape index (κ1) is 15.8. The third kappa shape index (κ3) is 5.49. The molecule has 0 unspecified atom stereocenters. The van der Waals surface area contributed by atoms with Gasteiger partial charge in [-0.25, -0.2) is 4.79 Å². The summed E-state index contributed by atoms with van der Waals surface area (Å²) in [6.07, 6.45) is 3.84. The SMILES string of the molecule is CCCCOC(=O)N1CCC(C(=O)OCCC)CC1. The van der Waals surface area contributed by atoms with Crippen molar-refractivity contribution in [2.75, 3.05) is 26.3 Å². The molecule has 0 spiro atoms. The molecule has 1 aliphatic heterocycles. The summed E-state index contributed by atoms with van der Waals surface area (Å²) in [5.41, 5.74) is 0. The van der Waals surface area contributed by atoms with E-state index in [1.54, 1.807) is 4.90 Å². The molecule has 0 aromatic rings. The first-order valence-electron chi connectivity index (χ1n) is 7.27. The van der Waals surface area contributed by atoms with Crippen molar-refractivity contribution in [3.63, 3.8) is 0 Å². The maximum Gasteiger partial charge on any atom is 0.409 e. The highest BCUT2D eigenvalue weighted by Gasteiger charge is 2.28. The van der Waals surface area contributed by atoms with E-state index in [4.69, 9.17) is 9.47 Å². The lowest BCUT2D eigenvalue weighted by Crippen LogP contribution is -2.41. The van der Waals surface area contributed by atoms with Gasteiger partial charge in [0.15, 0.2) is 0 Å².